The Morgan fingerprint density at radius 1 is 1.14 bits per heavy atom. The fraction of sp³-hybridized carbons (Fsp3) is 0.353. The highest BCUT2D eigenvalue weighted by atomic mass is 15.3. The Kier molecular flexibility index (Phi) is 3.95. The minimum atomic E-state index is 0.164. The van der Waals surface area contributed by atoms with E-state index in [4.69, 9.17) is 4.98 Å². The Morgan fingerprint density at radius 3 is 2.71 bits per heavy atom. The molecule has 4 nitrogen and oxygen atoms in total. The van der Waals surface area contributed by atoms with Gasteiger partial charge in [0, 0.05) is 12.6 Å². The van der Waals surface area contributed by atoms with Gasteiger partial charge >= 0.3 is 0 Å². The van der Waals surface area contributed by atoms with Crippen molar-refractivity contribution in [2.45, 2.75) is 39.2 Å². The zero-order valence-corrected chi connectivity index (χ0v) is 12.5. The summed E-state index contributed by atoms with van der Waals surface area (Å²) in [5, 5.41) is 5.51. The van der Waals surface area contributed by atoms with Crippen LogP contribution in [0.2, 0.25) is 0 Å². The predicted molar refractivity (Wildman–Crippen MR) is 84.2 cm³/mol. The summed E-state index contributed by atoms with van der Waals surface area (Å²) in [5.41, 5.74) is 2.16. The third-order valence-corrected chi connectivity index (χ3v) is 3.79. The normalized spacial score (nSPS) is 12.7. The summed E-state index contributed by atoms with van der Waals surface area (Å²) in [6.07, 6.45) is 6.93. The lowest BCUT2D eigenvalue weighted by atomic mass is 10.1. The van der Waals surface area contributed by atoms with E-state index in [1.54, 1.807) is 0 Å². The number of nitrogens with zero attached hydrogens (tertiary/aromatic N) is 4. The van der Waals surface area contributed by atoms with Crippen molar-refractivity contribution in [2.24, 2.45) is 0 Å². The second-order valence-electron chi connectivity index (χ2n) is 5.34. The molecule has 0 N–H and O–H groups in total. The van der Waals surface area contributed by atoms with E-state index >= 15 is 0 Å². The van der Waals surface area contributed by atoms with Crippen molar-refractivity contribution in [1.82, 2.24) is 19.7 Å². The molecular weight excluding hydrogens is 260 g/mol. The van der Waals surface area contributed by atoms with Gasteiger partial charge in [0.25, 0.3) is 0 Å². The van der Waals surface area contributed by atoms with E-state index in [9.17, 15) is 0 Å². The molecule has 0 saturated carbocycles. The van der Waals surface area contributed by atoms with Crippen molar-refractivity contribution in [3.05, 3.63) is 54.1 Å². The number of fused-ring (bicyclic) bond motifs is 1. The second kappa shape index (κ2) is 6.04. The summed E-state index contributed by atoms with van der Waals surface area (Å²) in [5.74, 6) is 0.909. The van der Waals surface area contributed by atoms with Crippen LogP contribution in [-0.4, -0.2) is 19.7 Å². The van der Waals surface area contributed by atoms with E-state index < -0.39 is 0 Å². The van der Waals surface area contributed by atoms with E-state index in [1.165, 1.54) is 5.56 Å². The molecule has 1 aromatic carbocycles. The Hall–Kier alpha value is -2.23. The molecule has 0 bridgehead atoms. The summed E-state index contributed by atoms with van der Waals surface area (Å²) in [4.78, 5) is 9.13. The molecule has 0 aliphatic carbocycles. The van der Waals surface area contributed by atoms with Crippen LogP contribution in [0, 0.1) is 0 Å². The molecule has 21 heavy (non-hydrogen) atoms. The summed E-state index contributed by atoms with van der Waals surface area (Å²) in [7, 11) is 0. The summed E-state index contributed by atoms with van der Waals surface area (Å²) < 4.78 is 1.99. The molecule has 0 fully saturated rings. The van der Waals surface area contributed by atoms with Crippen LogP contribution in [0.25, 0.3) is 11.0 Å². The highest BCUT2D eigenvalue weighted by Gasteiger charge is 2.13. The van der Waals surface area contributed by atoms with E-state index in [0.29, 0.717) is 0 Å². The Balaban J connectivity index is 1.98. The lowest BCUT2D eigenvalue weighted by Crippen LogP contribution is -2.09. The molecular formula is C17H20N4. The van der Waals surface area contributed by atoms with Crippen LogP contribution in [0.1, 0.15) is 44.1 Å². The van der Waals surface area contributed by atoms with E-state index in [0.717, 1.165) is 36.1 Å². The molecule has 3 aromatic rings. The Morgan fingerprint density at radius 2 is 1.95 bits per heavy atom. The maximum absolute atomic E-state index is 4.71. The van der Waals surface area contributed by atoms with Gasteiger partial charge in [-0.25, -0.2) is 14.6 Å². The molecule has 4 heteroatoms. The van der Waals surface area contributed by atoms with Crippen LogP contribution < -0.4 is 0 Å². The number of aromatic nitrogens is 4. The van der Waals surface area contributed by atoms with Crippen LogP contribution in [0.3, 0.4) is 0 Å². The van der Waals surface area contributed by atoms with Crippen LogP contribution in [0.4, 0.5) is 0 Å². The maximum Gasteiger partial charge on any atom is 0.162 e. The number of rotatable bonds is 5. The van der Waals surface area contributed by atoms with Gasteiger partial charge in [0.05, 0.1) is 17.6 Å². The third-order valence-electron chi connectivity index (χ3n) is 3.79. The lowest BCUT2D eigenvalue weighted by molar-refractivity contribution is 0.577. The quantitative estimate of drug-likeness (QED) is 0.714. The molecule has 0 aliphatic heterocycles. The number of hydrogen-bond donors (Lipinski definition) is 0. The molecule has 0 amide bonds. The van der Waals surface area contributed by atoms with Gasteiger partial charge in [-0.2, -0.15) is 5.10 Å². The van der Waals surface area contributed by atoms with Crippen molar-refractivity contribution in [2.75, 3.05) is 0 Å². The van der Waals surface area contributed by atoms with Gasteiger partial charge in [0.15, 0.2) is 5.65 Å². The lowest BCUT2D eigenvalue weighted by Gasteiger charge is -2.13. The van der Waals surface area contributed by atoms with Gasteiger partial charge < -0.3 is 0 Å². The largest absolute Gasteiger partial charge is 0.241 e. The monoisotopic (exact) mass is 280 g/mol. The molecule has 2 aromatic heterocycles. The van der Waals surface area contributed by atoms with Crippen molar-refractivity contribution in [1.29, 1.82) is 0 Å². The van der Waals surface area contributed by atoms with Crippen LogP contribution in [0.15, 0.2) is 42.7 Å². The maximum atomic E-state index is 4.71. The average Bonchev–Trinajstić information content (AvgIpc) is 2.96. The highest BCUT2D eigenvalue weighted by Crippen LogP contribution is 2.21. The molecule has 0 saturated heterocycles. The van der Waals surface area contributed by atoms with Crippen LogP contribution in [-0.2, 0) is 6.42 Å². The standard InChI is InChI=1S/C17H20N4/c1-3-4-10-16-18-11-15-12-19-21(17(15)20-16)13(2)14-8-6-5-7-9-14/h5-9,11-13H,3-4,10H2,1-2H3. The minimum Gasteiger partial charge on any atom is -0.241 e. The fourth-order valence-electron chi connectivity index (χ4n) is 2.48. The van der Waals surface area contributed by atoms with Crippen molar-refractivity contribution in [3.8, 4) is 0 Å². The van der Waals surface area contributed by atoms with E-state index in [1.807, 2.05) is 23.1 Å². The second-order valence-corrected chi connectivity index (χ2v) is 5.34. The first-order valence-electron chi connectivity index (χ1n) is 7.53. The van der Waals surface area contributed by atoms with Crippen LogP contribution >= 0.6 is 0 Å². The average molecular weight is 280 g/mol. The molecule has 1 atom stereocenters. The fourth-order valence-corrected chi connectivity index (χ4v) is 2.48. The first kappa shape index (κ1) is 13.7. The molecule has 0 aliphatic rings. The van der Waals surface area contributed by atoms with E-state index in [2.05, 4.69) is 48.2 Å². The summed E-state index contributed by atoms with van der Waals surface area (Å²) in [6, 6.07) is 10.5. The van der Waals surface area contributed by atoms with Crippen molar-refractivity contribution < 1.29 is 0 Å². The number of unbranched alkanes of at least 4 members (excludes halogenated alkanes) is 1. The first-order valence-corrected chi connectivity index (χ1v) is 7.53. The topological polar surface area (TPSA) is 43.6 Å². The highest BCUT2D eigenvalue weighted by molar-refractivity contribution is 5.73. The van der Waals surface area contributed by atoms with Crippen LogP contribution in [0.5, 0.6) is 0 Å². The minimum absolute atomic E-state index is 0.164. The number of benzene rings is 1. The molecule has 2 heterocycles. The predicted octanol–water partition coefficient (Wildman–Crippen LogP) is 3.78. The van der Waals surface area contributed by atoms with Gasteiger partial charge in [-0.15, -0.1) is 0 Å². The molecule has 0 spiro atoms. The van der Waals surface area contributed by atoms with Gasteiger partial charge in [0.2, 0.25) is 0 Å². The molecule has 108 valence electrons. The number of hydrogen-bond acceptors (Lipinski definition) is 3. The smallest absolute Gasteiger partial charge is 0.162 e. The van der Waals surface area contributed by atoms with Gasteiger partial charge in [-0.1, -0.05) is 43.7 Å². The molecule has 0 radical (unpaired) electrons. The van der Waals surface area contributed by atoms with Crippen molar-refractivity contribution in [3.63, 3.8) is 0 Å². The zero-order valence-electron chi connectivity index (χ0n) is 12.5. The first-order chi connectivity index (χ1) is 10.3. The molecule has 3 rings (SSSR count). The summed E-state index contributed by atoms with van der Waals surface area (Å²) in [6.45, 7) is 4.33. The summed E-state index contributed by atoms with van der Waals surface area (Å²) >= 11 is 0. The number of aryl methyl sites for hydroxylation is 1. The molecule has 1 unspecified atom stereocenters. The van der Waals surface area contributed by atoms with Gasteiger partial charge in [0.1, 0.15) is 5.82 Å². The van der Waals surface area contributed by atoms with Gasteiger partial charge in [-0.05, 0) is 18.9 Å². The SMILES string of the molecule is CCCCc1ncc2cnn(C(C)c3ccccc3)c2n1. The van der Waals surface area contributed by atoms with Gasteiger partial charge in [-0.3, -0.25) is 0 Å². The Bertz CT molecular complexity index is 718. The van der Waals surface area contributed by atoms with E-state index in [-0.39, 0.29) is 6.04 Å². The zero-order chi connectivity index (χ0) is 14.7. The Labute approximate surface area is 124 Å². The third kappa shape index (κ3) is 2.79. The van der Waals surface area contributed by atoms with Crippen molar-refractivity contribution >= 4 is 11.0 Å².